The van der Waals surface area contributed by atoms with Crippen molar-refractivity contribution < 1.29 is 9.47 Å². The van der Waals surface area contributed by atoms with Gasteiger partial charge in [0.25, 0.3) is 0 Å². The maximum atomic E-state index is 5.55. The molecule has 0 bridgehead atoms. The molecule has 5 heteroatoms. The summed E-state index contributed by atoms with van der Waals surface area (Å²) in [4.78, 5) is 1.89. The second-order valence-corrected chi connectivity index (χ2v) is 3.25. The first-order chi connectivity index (χ1) is 6.13. The van der Waals surface area contributed by atoms with Crippen molar-refractivity contribution in [2.45, 2.75) is 13.0 Å². The Morgan fingerprint density at radius 1 is 1.46 bits per heavy atom. The van der Waals surface area contributed by atoms with E-state index in [-0.39, 0.29) is 6.04 Å². The summed E-state index contributed by atoms with van der Waals surface area (Å²) >= 11 is 4.91. The van der Waals surface area contributed by atoms with Crippen molar-refractivity contribution in [3.63, 3.8) is 0 Å². The molecular weight excluding hydrogens is 188 g/mol. The first-order valence-corrected chi connectivity index (χ1v) is 4.58. The van der Waals surface area contributed by atoms with Crippen LogP contribution >= 0.6 is 12.2 Å². The Morgan fingerprint density at radius 2 is 2.08 bits per heavy atom. The normalized spacial score (nSPS) is 12.5. The highest BCUT2D eigenvalue weighted by Crippen LogP contribution is 1.99. The summed E-state index contributed by atoms with van der Waals surface area (Å²) in [6, 6.07) is 0.192. The number of rotatable bonds is 6. The van der Waals surface area contributed by atoms with Gasteiger partial charge in [-0.2, -0.15) is 0 Å². The van der Waals surface area contributed by atoms with Crippen LogP contribution in [-0.4, -0.2) is 50.0 Å². The molecule has 1 unspecified atom stereocenters. The zero-order valence-electron chi connectivity index (χ0n) is 8.45. The molecule has 0 rings (SSSR count). The number of nitrogens with two attached hydrogens (primary N) is 1. The van der Waals surface area contributed by atoms with Crippen LogP contribution in [0.1, 0.15) is 6.92 Å². The average Bonchev–Trinajstić information content (AvgIpc) is 2.05. The highest BCUT2D eigenvalue weighted by atomic mass is 32.1. The zero-order valence-corrected chi connectivity index (χ0v) is 9.26. The first kappa shape index (κ1) is 12.6. The molecule has 0 aliphatic rings. The van der Waals surface area contributed by atoms with Gasteiger partial charge in [0, 0.05) is 20.8 Å². The second kappa shape index (κ2) is 7.06. The van der Waals surface area contributed by atoms with Crippen molar-refractivity contribution in [3.05, 3.63) is 0 Å². The van der Waals surface area contributed by atoms with Gasteiger partial charge in [0.2, 0.25) is 0 Å². The van der Waals surface area contributed by atoms with Gasteiger partial charge in [-0.25, -0.2) is 0 Å². The van der Waals surface area contributed by atoms with E-state index in [0.29, 0.717) is 24.9 Å². The first-order valence-electron chi connectivity index (χ1n) is 4.17. The van der Waals surface area contributed by atoms with Crippen LogP contribution in [0.4, 0.5) is 0 Å². The highest BCUT2D eigenvalue weighted by molar-refractivity contribution is 7.80. The molecule has 0 saturated heterocycles. The molecule has 0 aliphatic heterocycles. The summed E-state index contributed by atoms with van der Waals surface area (Å²) in [6.07, 6.45) is 0. The van der Waals surface area contributed by atoms with E-state index >= 15 is 0 Å². The summed E-state index contributed by atoms with van der Waals surface area (Å²) in [7, 11) is 3.31. The molecule has 0 spiro atoms. The summed E-state index contributed by atoms with van der Waals surface area (Å²) in [5, 5.41) is 0.390. The molecule has 2 N–H and O–H groups in total. The minimum Gasteiger partial charge on any atom is -0.383 e. The molecule has 1 atom stereocenters. The van der Waals surface area contributed by atoms with E-state index < -0.39 is 0 Å². The molecule has 13 heavy (non-hydrogen) atoms. The molecule has 0 heterocycles. The second-order valence-electron chi connectivity index (χ2n) is 2.83. The summed E-state index contributed by atoms with van der Waals surface area (Å²) in [5.41, 5.74) is 5.55. The fourth-order valence-corrected chi connectivity index (χ4v) is 1.34. The summed E-state index contributed by atoms with van der Waals surface area (Å²) in [5.74, 6) is 0. The molecule has 4 nitrogen and oxygen atoms in total. The average molecular weight is 206 g/mol. The van der Waals surface area contributed by atoms with Crippen molar-refractivity contribution in [1.29, 1.82) is 0 Å². The van der Waals surface area contributed by atoms with Gasteiger partial charge in [0.05, 0.1) is 19.3 Å². The van der Waals surface area contributed by atoms with Crippen LogP contribution in [0.25, 0.3) is 0 Å². The standard InChI is InChI=1S/C8H18N2O2S/c1-7(6-12-3)10(8(9)13)4-5-11-2/h7H,4-6H2,1-3H3,(H2,9,13). The number of ether oxygens (including phenoxy) is 2. The number of hydrogen-bond acceptors (Lipinski definition) is 3. The van der Waals surface area contributed by atoms with E-state index in [9.17, 15) is 0 Å². The topological polar surface area (TPSA) is 47.7 Å². The van der Waals surface area contributed by atoms with Crippen LogP contribution in [0, 0.1) is 0 Å². The molecular formula is C8H18N2O2S. The lowest BCUT2D eigenvalue weighted by molar-refractivity contribution is 0.114. The summed E-state index contributed by atoms with van der Waals surface area (Å²) in [6.45, 7) is 3.95. The molecule has 0 amide bonds. The zero-order chi connectivity index (χ0) is 10.3. The number of thiocarbonyl (C=S) groups is 1. The van der Waals surface area contributed by atoms with E-state index in [1.165, 1.54) is 0 Å². The van der Waals surface area contributed by atoms with E-state index in [2.05, 4.69) is 0 Å². The van der Waals surface area contributed by atoms with Crippen LogP contribution in [0.5, 0.6) is 0 Å². The van der Waals surface area contributed by atoms with Crippen molar-refractivity contribution >= 4 is 17.3 Å². The van der Waals surface area contributed by atoms with E-state index in [1.807, 2.05) is 11.8 Å². The predicted molar refractivity (Wildman–Crippen MR) is 56.7 cm³/mol. The maximum Gasteiger partial charge on any atom is 0.166 e. The third-order valence-corrected chi connectivity index (χ3v) is 1.99. The lowest BCUT2D eigenvalue weighted by Gasteiger charge is -2.28. The number of hydrogen-bond donors (Lipinski definition) is 1. The Labute approximate surface area is 85.0 Å². The fourth-order valence-electron chi connectivity index (χ4n) is 1.07. The van der Waals surface area contributed by atoms with Crippen LogP contribution in [-0.2, 0) is 9.47 Å². The van der Waals surface area contributed by atoms with Crippen LogP contribution in [0.2, 0.25) is 0 Å². The molecule has 0 aromatic heterocycles. The van der Waals surface area contributed by atoms with Gasteiger partial charge in [-0.3, -0.25) is 0 Å². The Bertz CT molecular complexity index is 155. The molecule has 0 radical (unpaired) electrons. The maximum absolute atomic E-state index is 5.55. The van der Waals surface area contributed by atoms with Gasteiger partial charge in [0.15, 0.2) is 5.11 Å². The third-order valence-electron chi connectivity index (χ3n) is 1.76. The van der Waals surface area contributed by atoms with Crippen LogP contribution < -0.4 is 5.73 Å². The van der Waals surface area contributed by atoms with E-state index in [1.54, 1.807) is 14.2 Å². The Balaban J connectivity index is 3.99. The smallest absolute Gasteiger partial charge is 0.166 e. The SMILES string of the molecule is COCCN(C(N)=S)C(C)COC. The van der Waals surface area contributed by atoms with Crippen molar-refractivity contribution in [3.8, 4) is 0 Å². The van der Waals surface area contributed by atoms with Gasteiger partial charge in [-0.1, -0.05) is 0 Å². The van der Waals surface area contributed by atoms with Crippen molar-refractivity contribution in [2.75, 3.05) is 34.0 Å². The predicted octanol–water partition coefficient (Wildman–Crippen LogP) is 0.213. The Hall–Kier alpha value is -0.390. The molecule has 0 aliphatic carbocycles. The van der Waals surface area contributed by atoms with E-state index in [0.717, 1.165) is 0 Å². The van der Waals surface area contributed by atoms with Gasteiger partial charge in [0.1, 0.15) is 0 Å². The quantitative estimate of drug-likeness (QED) is 0.630. The highest BCUT2D eigenvalue weighted by Gasteiger charge is 2.13. The minimum atomic E-state index is 0.192. The molecule has 0 aromatic rings. The Kier molecular flexibility index (Phi) is 6.84. The van der Waals surface area contributed by atoms with Crippen molar-refractivity contribution in [2.24, 2.45) is 5.73 Å². The number of nitrogens with zero attached hydrogens (tertiary/aromatic N) is 1. The van der Waals surface area contributed by atoms with Gasteiger partial charge in [-0.05, 0) is 19.1 Å². The molecule has 78 valence electrons. The lowest BCUT2D eigenvalue weighted by atomic mass is 10.3. The van der Waals surface area contributed by atoms with Crippen LogP contribution in [0.15, 0.2) is 0 Å². The van der Waals surface area contributed by atoms with Crippen LogP contribution in [0.3, 0.4) is 0 Å². The molecule has 0 saturated carbocycles. The van der Waals surface area contributed by atoms with Crippen molar-refractivity contribution in [1.82, 2.24) is 4.90 Å². The van der Waals surface area contributed by atoms with Gasteiger partial charge in [-0.15, -0.1) is 0 Å². The lowest BCUT2D eigenvalue weighted by Crippen LogP contribution is -2.45. The fraction of sp³-hybridized carbons (Fsp3) is 0.875. The van der Waals surface area contributed by atoms with E-state index in [4.69, 9.17) is 27.4 Å². The van der Waals surface area contributed by atoms with Gasteiger partial charge >= 0.3 is 0 Å². The molecule has 0 aromatic carbocycles. The Morgan fingerprint density at radius 3 is 2.46 bits per heavy atom. The molecule has 0 fully saturated rings. The number of methoxy groups -OCH3 is 2. The largest absolute Gasteiger partial charge is 0.383 e. The van der Waals surface area contributed by atoms with Gasteiger partial charge < -0.3 is 20.1 Å². The monoisotopic (exact) mass is 206 g/mol. The summed E-state index contributed by atoms with van der Waals surface area (Å²) < 4.78 is 9.97. The minimum absolute atomic E-state index is 0.192. The third kappa shape index (κ3) is 5.02.